The molecular weight excluding hydrogens is 316 g/mol. The number of carboxylic acids is 1. The summed E-state index contributed by atoms with van der Waals surface area (Å²) >= 11 is 0. The Balaban J connectivity index is 2.51. The number of carboxylic acid groups (broad SMARTS) is 1. The van der Waals surface area contributed by atoms with E-state index in [0.29, 0.717) is 12.0 Å². The van der Waals surface area contributed by atoms with E-state index in [1.54, 1.807) is 19.1 Å². The molecule has 0 aromatic heterocycles. The second kappa shape index (κ2) is 11.6. The summed E-state index contributed by atoms with van der Waals surface area (Å²) in [6, 6.07) is 0. The number of aliphatic carboxylic acids is 1. The average Bonchev–Trinajstić information content (AvgIpc) is 2.91. The third-order valence-electron chi connectivity index (χ3n) is 4.40. The fourth-order valence-electron chi connectivity index (χ4n) is 2.86. The standard InChI is InChI=1S/C21H30O4/c1-3-4-5-6-7-8-11-17-13-14-19(22)18(17)12-9-10-16(2)15-20(23)21(24)25/h8-9,11,13-14,17-18,20,23H,3-7,12,15H2,1-2H3,(H,24,25)/t10?,17-,18+,20?/m0/s1. The van der Waals surface area contributed by atoms with E-state index in [1.165, 1.54) is 25.7 Å². The number of aliphatic hydroxyl groups excluding tert-OH is 1. The summed E-state index contributed by atoms with van der Waals surface area (Å²) in [4.78, 5) is 22.6. The zero-order valence-corrected chi connectivity index (χ0v) is 15.3. The Bertz CT molecular complexity index is 564. The summed E-state index contributed by atoms with van der Waals surface area (Å²) in [6.07, 6.45) is 14.9. The quantitative estimate of drug-likeness (QED) is 0.334. The third kappa shape index (κ3) is 8.15. The van der Waals surface area contributed by atoms with Crippen LogP contribution in [0.4, 0.5) is 0 Å². The van der Waals surface area contributed by atoms with Crippen molar-refractivity contribution >= 4 is 11.8 Å². The fraction of sp³-hybridized carbons (Fsp3) is 0.571. The zero-order chi connectivity index (χ0) is 18.7. The Morgan fingerprint density at radius 1 is 1.36 bits per heavy atom. The topological polar surface area (TPSA) is 74.6 Å². The van der Waals surface area contributed by atoms with E-state index in [2.05, 4.69) is 24.8 Å². The van der Waals surface area contributed by atoms with E-state index >= 15 is 0 Å². The third-order valence-corrected chi connectivity index (χ3v) is 4.40. The van der Waals surface area contributed by atoms with E-state index in [4.69, 9.17) is 5.11 Å². The highest BCUT2D eigenvalue weighted by molar-refractivity contribution is 5.95. The monoisotopic (exact) mass is 346 g/mol. The van der Waals surface area contributed by atoms with Gasteiger partial charge in [0.15, 0.2) is 11.9 Å². The van der Waals surface area contributed by atoms with Gasteiger partial charge in [-0.3, -0.25) is 4.79 Å². The van der Waals surface area contributed by atoms with Crippen LogP contribution in [0.1, 0.15) is 58.8 Å². The lowest BCUT2D eigenvalue weighted by atomic mass is 9.90. The molecular formula is C21H30O4. The molecule has 1 aliphatic rings. The predicted octanol–water partition coefficient (Wildman–Crippen LogP) is 4.21. The number of carbonyl (C=O) groups excluding carboxylic acids is 1. The van der Waals surface area contributed by atoms with Crippen LogP contribution in [-0.4, -0.2) is 28.1 Å². The summed E-state index contributed by atoms with van der Waals surface area (Å²) in [5.41, 5.74) is 3.65. The van der Waals surface area contributed by atoms with Crippen molar-refractivity contribution in [2.75, 3.05) is 0 Å². The van der Waals surface area contributed by atoms with E-state index < -0.39 is 12.1 Å². The summed E-state index contributed by atoms with van der Waals surface area (Å²) < 4.78 is 0. The Morgan fingerprint density at radius 3 is 2.80 bits per heavy atom. The number of hydrogen-bond acceptors (Lipinski definition) is 3. The van der Waals surface area contributed by atoms with Crippen molar-refractivity contribution in [1.29, 1.82) is 0 Å². The van der Waals surface area contributed by atoms with Gasteiger partial charge in [-0.2, -0.15) is 0 Å². The van der Waals surface area contributed by atoms with Gasteiger partial charge < -0.3 is 10.2 Å². The first kappa shape index (κ1) is 21.1. The minimum Gasteiger partial charge on any atom is -0.479 e. The molecule has 0 saturated carbocycles. The van der Waals surface area contributed by atoms with Crippen LogP contribution in [0.2, 0.25) is 0 Å². The Morgan fingerprint density at radius 2 is 2.12 bits per heavy atom. The van der Waals surface area contributed by atoms with Crippen LogP contribution in [0, 0.1) is 11.8 Å². The van der Waals surface area contributed by atoms with Gasteiger partial charge in [0.25, 0.3) is 0 Å². The van der Waals surface area contributed by atoms with Gasteiger partial charge in [0, 0.05) is 18.3 Å². The number of aliphatic hydroxyl groups is 1. The number of ketones is 1. The van der Waals surface area contributed by atoms with Crippen molar-refractivity contribution in [1.82, 2.24) is 0 Å². The van der Waals surface area contributed by atoms with Crippen molar-refractivity contribution in [2.45, 2.75) is 64.9 Å². The molecule has 0 spiro atoms. The molecule has 2 N–H and O–H groups in total. The molecule has 0 amide bonds. The van der Waals surface area contributed by atoms with Crippen LogP contribution < -0.4 is 0 Å². The predicted molar refractivity (Wildman–Crippen MR) is 99.2 cm³/mol. The van der Waals surface area contributed by atoms with Gasteiger partial charge in [0.05, 0.1) is 0 Å². The van der Waals surface area contributed by atoms with Gasteiger partial charge in [0.1, 0.15) is 0 Å². The summed E-state index contributed by atoms with van der Waals surface area (Å²) in [5, 5.41) is 18.0. The zero-order valence-electron chi connectivity index (χ0n) is 15.3. The highest BCUT2D eigenvalue weighted by atomic mass is 16.4. The second-order valence-corrected chi connectivity index (χ2v) is 6.65. The van der Waals surface area contributed by atoms with Crippen molar-refractivity contribution in [3.8, 4) is 0 Å². The molecule has 1 rings (SSSR count). The molecule has 25 heavy (non-hydrogen) atoms. The van der Waals surface area contributed by atoms with Gasteiger partial charge >= 0.3 is 5.97 Å². The molecule has 1 aliphatic carbocycles. The molecule has 0 radical (unpaired) electrons. The van der Waals surface area contributed by atoms with Gasteiger partial charge in [0.2, 0.25) is 0 Å². The first-order chi connectivity index (χ1) is 12.0. The molecule has 4 heteroatoms. The highest BCUT2D eigenvalue weighted by Gasteiger charge is 2.26. The lowest BCUT2D eigenvalue weighted by molar-refractivity contribution is -0.146. The van der Waals surface area contributed by atoms with Crippen LogP contribution in [0.3, 0.4) is 0 Å². The normalized spacial score (nSPS) is 20.7. The van der Waals surface area contributed by atoms with Crippen LogP contribution in [0.5, 0.6) is 0 Å². The first-order valence-electron chi connectivity index (χ1n) is 9.16. The van der Waals surface area contributed by atoms with E-state index in [-0.39, 0.29) is 24.0 Å². The molecule has 4 nitrogen and oxygen atoms in total. The van der Waals surface area contributed by atoms with Crippen molar-refractivity contribution < 1.29 is 19.8 Å². The second-order valence-electron chi connectivity index (χ2n) is 6.65. The molecule has 0 aromatic rings. The fourth-order valence-corrected chi connectivity index (χ4v) is 2.86. The van der Waals surface area contributed by atoms with Gasteiger partial charge in [-0.25, -0.2) is 4.79 Å². The first-order valence-corrected chi connectivity index (χ1v) is 9.16. The summed E-state index contributed by atoms with van der Waals surface area (Å²) in [7, 11) is 0. The van der Waals surface area contributed by atoms with E-state index in [1.807, 2.05) is 6.08 Å². The van der Waals surface area contributed by atoms with Crippen LogP contribution >= 0.6 is 0 Å². The van der Waals surface area contributed by atoms with Gasteiger partial charge in [-0.05, 0) is 43.9 Å². The van der Waals surface area contributed by atoms with Gasteiger partial charge in [-0.1, -0.05) is 44.4 Å². The highest BCUT2D eigenvalue weighted by Crippen LogP contribution is 2.27. The molecule has 0 bridgehead atoms. The maximum atomic E-state index is 12.0. The lowest BCUT2D eigenvalue weighted by Gasteiger charge is -2.12. The van der Waals surface area contributed by atoms with Crippen molar-refractivity contribution in [3.05, 3.63) is 41.7 Å². The van der Waals surface area contributed by atoms with Crippen LogP contribution in [0.15, 0.2) is 41.7 Å². The van der Waals surface area contributed by atoms with E-state index in [0.717, 1.165) is 6.42 Å². The number of hydrogen-bond donors (Lipinski definition) is 2. The molecule has 0 fully saturated rings. The van der Waals surface area contributed by atoms with Gasteiger partial charge in [-0.15, -0.1) is 5.73 Å². The van der Waals surface area contributed by atoms with Crippen LogP contribution in [-0.2, 0) is 9.59 Å². The molecule has 0 saturated heterocycles. The maximum absolute atomic E-state index is 12.0. The van der Waals surface area contributed by atoms with Crippen molar-refractivity contribution in [2.24, 2.45) is 11.8 Å². The summed E-state index contributed by atoms with van der Waals surface area (Å²) in [6.45, 7) is 3.92. The lowest BCUT2D eigenvalue weighted by Crippen LogP contribution is -2.19. The number of carbonyl (C=O) groups is 2. The number of allylic oxidation sites excluding steroid dienone is 4. The molecule has 3 atom stereocenters. The number of rotatable bonds is 11. The SMILES string of the molecule is CCCCCCC=C[C@H]1C=CC(=O)[C@@H]1CC=C=C(C)CC(O)C(=O)O. The smallest absolute Gasteiger partial charge is 0.332 e. The Hall–Kier alpha value is -1.90. The van der Waals surface area contributed by atoms with E-state index in [9.17, 15) is 14.7 Å². The maximum Gasteiger partial charge on any atom is 0.332 e. The Labute approximate surface area is 150 Å². The minimum absolute atomic E-state index is 0.0454. The largest absolute Gasteiger partial charge is 0.479 e. The average molecular weight is 346 g/mol. The molecule has 0 aliphatic heterocycles. The molecule has 0 heterocycles. The Kier molecular flexibility index (Phi) is 9.83. The molecule has 0 aromatic carbocycles. The van der Waals surface area contributed by atoms with Crippen molar-refractivity contribution in [3.63, 3.8) is 0 Å². The summed E-state index contributed by atoms with van der Waals surface area (Å²) in [5.74, 6) is -1.08. The molecule has 1 unspecified atom stereocenters. The van der Waals surface area contributed by atoms with Crippen LogP contribution in [0.25, 0.3) is 0 Å². The molecule has 138 valence electrons. The number of unbranched alkanes of at least 4 members (excludes halogenated alkanes) is 4. The minimum atomic E-state index is -1.40.